The molecule has 184 valence electrons. The van der Waals surface area contributed by atoms with Crippen LogP contribution in [0.5, 0.6) is 0 Å². The van der Waals surface area contributed by atoms with Crippen LogP contribution in [0.1, 0.15) is 62.0 Å². The Morgan fingerprint density at radius 3 is 2.76 bits per heavy atom. The lowest BCUT2D eigenvalue weighted by Gasteiger charge is -2.27. The average Bonchev–Trinajstić information content (AvgIpc) is 3.27. The molecule has 0 unspecified atom stereocenters. The highest BCUT2D eigenvalue weighted by Gasteiger charge is 2.26. The number of hydrogen-bond donors (Lipinski definition) is 1. The minimum atomic E-state index is -0.549. The number of carbonyl (C=O) groups excluding carboxylic acids is 1. The second-order valence-corrected chi connectivity index (χ2v) is 9.01. The first-order valence-corrected chi connectivity index (χ1v) is 12.5. The Balaban J connectivity index is 1.52. The summed E-state index contributed by atoms with van der Waals surface area (Å²) in [6.45, 7) is 8.21. The zero-order valence-electron chi connectivity index (χ0n) is 20.8. The SMILES string of the molecule is CCOC(=O)C=Cc1ccccc1[C@@H](C)OC[C@H](O)CN1CCC[C@H]1Cc1cccc(CC)c1. The molecule has 0 radical (unpaired) electrons. The molecule has 0 aliphatic carbocycles. The van der Waals surface area contributed by atoms with Gasteiger partial charge < -0.3 is 14.6 Å². The van der Waals surface area contributed by atoms with E-state index in [1.54, 1.807) is 13.0 Å². The molecule has 1 saturated heterocycles. The second-order valence-electron chi connectivity index (χ2n) is 9.01. The van der Waals surface area contributed by atoms with E-state index in [4.69, 9.17) is 9.47 Å². The molecule has 0 saturated carbocycles. The predicted molar refractivity (Wildman–Crippen MR) is 137 cm³/mol. The van der Waals surface area contributed by atoms with Crippen LogP contribution in [0.4, 0.5) is 0 Å². The topological polar surface area (TPSA) is 59.0 Å². The minimum Gasteiger partial charge on any atom is -0.463 e. The molecular weight excluding hydrogens is 426 g/mol. The molecule has 34 heavy (non-hydrogen) atoms. The third-order valence-electron chi connectivity index (χ3n) is 6.47. The van der Waals surface area contributed by atoms with E-state index in [1.807, 2.05) is 31.2 Å². The predicted octanol–water partition coefficient (Wildman–Crippen LogP) is 4.97. The van der Waals surface area contributed by atoms with E-state index in [1.165, 1.54) is 30.0 Å². The van der Waals surface area contributed by atoms with Crippen molar-refractivity contribution in [3.63, 3.8) is 0 Å². The number of aliphatic hydroxyl groups excluding tert-OH is 1. The number of likely N-dealkylation sites (tertiary alicyclic amines) is 1. The summed E-state index contributed by atoms with van der Waals surface area (Å²) in [7, 11) is 0. The number of β-amino-alcohol motifs (C(OH)–C–C–N with tert-alkyl or cyclic N) is 1. The third kappa shape index (κ3) is 7.79. The van der Waals surface area contributed by atoms with Gasteiger partial charge in [0.05, 0.1) is 25.4 Å². The lowest BCUT2D eigenvalue weighted by atomic mass is 10.0. The largest absolute Gasteiger partial charge is 0.463 e. The summed E-state index contributed by atoms with van der Waals surface area (Å²) in [5.74, 6) is -0.358. The summed E-state index contributed by atoms with van der Waals surface area (Å²) < 4.78 is 11.0. The Morgan fingerprint density at radius 2 is 1.97 bits per heavy atom. The number of benzene rings is 2. The van der Waals surface area contributed by atoms with Gasteiger partial charge in [0.25, 0.3) is 0 Å². The van der Waals surface area contributed by atoms with Gasteiger partial charge in [-0.3, -0.25) is 4.90 Å². The first-order valence-electron chi connectivity index (χ1n) is 12.5. The Labute approximate surface area is 204 Å². The summed E-state index contributed by atoms with van der Waals surface area (Å²) in [6.07, 6.45) is 6.86. The highest BCUT2D eigenvalue weighted by Crippen LogP contribution is 2.24. The fraction of sp³-hybridized carbons (Fsp3) is 0.483. The van der Waals surface area contributed by atoms with Crippen molar-refractivity contribution in [2.75, 3.05) is 26.3 Å². The fourth-order valence-electron chi connectivity index (χ4n) is 4.66. The number of hydrogen-bond acceptors (Lipinski definition) is 5. The van der Waals surface area contributed by atoms with Gasteiger partial charge in [0.1, 0.15) is 0 Å². The maximum atomic E-state index is 11.7. The van der Waals surface area contributed by atoms with Crippen LogP contribution in [-0.2, 0) is 27.1 Å². The van der Waals surface area contributed by atoms with Crippen molar-refractivity contribution in [2.45, 2.75) is 64.7 Å². The molecule has 1 fully saturated rings. The number of esters is 1. The zero-order chi connectivity index (χ0) is 24.3. The molecule has 1 heterocycles. The molecule has 0 aromatic heterocycles. The van der Waals surface area contributed by atoms with Gasteiger partial charge >= 0.3 is 5.97 Å². The van der Waals surface area contributed by atoms with Crippen LogP contribution in [0, 0.1) is 0 Å². The van der Waals surface area contributed by atoms with Crippen LogP contribution in [0.3, 0.4) is 0 Å². The van der Waals surface area contributed by atoms with Crippen LogP contribution >= 0.6 is 0 Å². The normalized spacial score (nSPS) is 18.3. The number of carbonyl (C=O) groups is 1. The lowest BCUT2D eigenvalue weighted by molar-refractivity contribution is -0.137. The zero-order valence-corrected chi connectivity index (χ0v) is 20.8. The molecule has 2 aromatic rings. The van der Waals surface area contributed by atoms with Crippen molar-refractivity contribution in [3.05, 3.63) is 76.9 Å². The molecule has 5 nitrogen and oxygen atoms in total. The fourth-order valence-corrected chi connectivity index (χ4v) is 4.66. The van der Waals surface area contributed by atoms with Crippen LogP contribution in [0.15, 0.2) is 54.6 Å². The molecule has 3 atom stereocenters. The first-order chi connectivity index (χ1) is 16.5. The van der Waals surface area contributed by atoms with E-state index < -0.39 is 6.10 Å². The Kier molecular flexibility index (Phi) is 10.3. The number of rotatable bonds is 12. The van der Waals surface area contributed by atoms with Crippen LogP contribution in [0.2, 0.25) is 0 Å². The third-order valence-corrected chi connectivity index (χ3v) is 6.47. The number of aryl methyl sites for hydroxylation is 1. The van der Waals surface area contributed by atoms with Crippen LogP contribution < -0.4 is 0 Å². The molecular formula is C29H39NO4. The quantitative estimate of drug-likeness (QED) is 0.354. The van der Waals surface area contributed by atoms with Gasteiger partial charge in [0, 0.05) is 18.7 Å². The summed E-state index contributed by atoms with van der Waals surface area (Å²) in [4.78, 5) is 14.1. The summed E-state index contributed by atoms with van der Waals surface area (Å²) >= 11 is 0. The maximum Gasteiger partial charge on any atom is 0.330 e. The number of aliphatic hydroxyl groups is 1. The molecule has 1 N–H and O–H groups in total. The van der Waals surface area contributed by atoms with Gasteiger partial charge in [-0.1, -0.05) is 55.5 Å². The Bertz CT molecular complexity index is 941. The van der Waals surface area contributed by atoms with Gasteiger partial charge in [-0.15, -0.1) is 0 Å². The van der Waals surface area contributed by atoms with Crippen LogP contribution in [-0.4, -0.2) is 54.4 Å². The molecule has 0 amide bonds. The lowest BCUT2D eigenvalue weighted by Crippen LogP contribution is -2.39. The van der Waals surface area contributed by atoms with E-state index in [-0.39, 0.29) is 18.7 Å². The van der Waals surface area contributed by atoms with Crippen molar-refractivity contribution in [1.82, 2.24) is 4.90 Å². The second kappa shape index (κ2) is 13.4. The van der Waals surface area contributed by atoms with E-state index in [0.29, 0.717) is 19.2 Å². The van der Waals surface area contributed by atoms with Crippen molar-refractivity contribution >= 4 is 12.0 Å². The van der Waals surface area contributed by atoms with E-state index >= 15 is 0 Å². The molecule has 2 aromatic carbocycles. The van der Waals surface area contributed by atoms with Crippen molar-refractivity contribution in [3.8, 4) is 0 Å². The number of nitrogens with zero attached hydrogens (tertiary/aromatic N) is 1. The van der Waals surface area contributed by atoms with Gasteiger partial charge in [-0.25, -0.2) is 4.79 Å². The van der Waals surface area contributed by atoms with Crippen molar-refractivity contribution in [2.24, 2.45) is 0 Å². The van der Waals surface area contributed by atoms with E-state index in [9.17, 15) is 9.90 Å². The van der Waals surface area contributed by atoms with E-state index in [0.717, 1.165) is 30.5 Å². The van der Waals surface area contributed by atoms with E-state index in [2.05, 4.69) is 36.1 Å². The highest BCUT2D eigenvalue weighted by molar-refractivity contribution is 5.87. The maximum absolute atomic E-state index is 11.7. The van der Waals surface area contributed by atoms with Gasteiger partial charge in [0.15, 0.2) is 0 Å². The molecule has 0 bridgehead atoms. The standard InChI is InChI=1S/C29H39NO4/c1-4-23-10-8-11-24(18-23)19-26-13-9-17-30(26)20-27(31)21-34-22(3)28-14-7-6-12-25(28)15-16-29(32)33-5-2/h6-8,10-12,14-16,18,22,26-27,31H,4-5,9,13,17,19-21H2,1-3H3/t22-,26+,27-/m1/s1. The molecule has 1 aliphatic rings. The molecule has 0 spiro atoms. The minimum absolute atomic E-state index is 0.205. The van der Waals surface area contributed by atoms with Crippen molar-refractivity contribution < 1.29 is 19.4 Å². The van der Waals surface area contributed by atoms with Crippen LogP contribution in [0.25, 0.3) is 6.08 Å². The Hall–Kier alpha value is -2.47. The van der Waals surface area contributed by atoms with Gasteiger partial charge in [-0.05, 0) is 74.4 Å². The average molecular weight is 466 g/mol. The molecule has 1 aliphatic heterocycles. The van der Waals surface area contributed by atoms with Gasteiger partial charge in [0.2, 0.25) is 0 Å². The molecule has 5 heteroatoms. The summed E-state index contributed by atoms with van der Waals surface area (Å²) in [6, 6.07) is 17.1. The monoisotopic (exact) mass is 465 g/mol. The summed E-state index contributed by atoms with van der Waals surface area (Å²) in [5.41, 5.74) is 4.64. The first kappa shape index (κ1) is 26.1. The molecule has 3 rings (SSSR count). The highest BCUT2D eigenvalue weighted by atomic mass is 16.5. The Morgan fingerprint density at radius 1 is 1.18 bits per heavy atom. The number of ether oxygens (including phenoxy) is 2. The summed E-state index contributed by atoms with van der Waals surface area (Å²) in [5, 5.41) is 10.7. The smallest absolute Gasteiger partial charge is 0.330 e. The van der Waals surface area contributed by atoms with Gasteiger partial charge in [-0.2, -0.15) is 0 Å². The van der Waals surface area contributed by atoms with Crippen molar-refractivity contribution in [1.29, 1.82) is 0 Å².